The Hall–Kier alpha value is -4.46. The van der Waals surface area contributed by atoms with Crippen LogP contribution in [0, 0.1) is 0 Å². The fourth-order valence-electron chi connectivity index (χ4n) is 4.94. The second kappa shape index (κ2) is 12.4. The van der Waals surface area contributed by atoms with Gasteiger partial charge in [-0.05, 0) is 48.6 Å². The van der Waals surface area contributed by atoms with E-state index in [-0.39, 0.29) is 37.1 Å². The number of nitrogens with one attached hydrogen (secondary N) is 2. The number of carbonyl (C=O) groups is 5. The predicted octanol–water partition coefficient (Wildman–Crippen LogP) is 0.234. The quantitative estimate of drug-likeness (QED) is 0.200. The minimum atomic E-state index is -4.21. The molecule has 0 aromatic heterocycles. The number of carbonyl (C=O) groups excluding carboxylic acids is 4. The number of nitrogens with zero attached hydrogens (tertiary/aromatic N) is 4. The van der Waals surface area contributed by atoms with E-state index in [0.29, 0.717) is 18.0 Å². The van der Waals surface area contributed by atoms with Gasteiger partial charge in [-0.2, -0.15) is 9.51 Å². The number of carboxylic acid groups (broad SMARTS) is 1. The standard InChI is InChI=1S/C26H28N6O8S/c27-28-15-22(33)19(10-12-24(35)36)29-25(37)21-6-3-13-31-23(34)11-9-20(26(38)32(21)31)30-41(39,40)18-8-7-16-4-1-2-5-17(16)14-18/h1-2,4-5,7-8,14-15,19-21,30H,3,6,9-13H2,(H,29,37)(H,35,36)/t19-,20-,21-/m0/s1. The van der Waals surface area contributed by atoms with Gasteiger partial charge in [0.2, 0.25) is 21.8 Å². The average molecular weight is 585 g/mol. The van der Waals surface area contributed by atoms with Gasteiger partial charge in [-0.1, -0.05) is 30.3 Å². The highest BCUT2D eigenvalue weighted by molar-refractivity contribution is 7.89. The van der Waals surface area contributed by atoms with Crippen molar-refractivity contribution in [2.75, 3.05) is 6.54 Å². The van der Waals surface area contributed by atoms with Crippen molar-refractivity contribution in [3.63, 3.8) is 0 Å². The van der Waals surface area contributed by atoms with Crippen LogP contribution >= 0.6 is 0 Å². The van der Waals surface area contributed by atoms with E-state index in [0.717, 1.165) is 15.4 Å². The Bertz CT molecular complexity index is 1550. The van der Waals surface area contributed by atoms with Crippen LogP contribution in [-0.4, -0.2) is 88.7 Å². The molecule has 3 amide bonds. The zero-order valence-electron chi connectivity index (χ0n) is 21.8. The smallest absolute Gasteiger partial charge is 0.325 e. The van der Waals surface area contributed by atoms with Crippen molar-refractivity contribution in [1.82, 2.24) is 20.1 Å². The first-order valence-electron chi connectivity index (χ1n) is 12.9. The molecule has 2 aliphatic rings. The van der Waals surface area contributed by atoms with E-state index < -0.39 is 64.0 Å². The molecule has 15 heteroatoms. The van der Waals surface area contributed by atoms with Gasteiger partial charge in [0.15, 0.2) is 0 Å². The van der Waals surface area contributed by atoms with Crippen molar-refractivity contribution in [2.45, 2.75) is 61.5 Å². The first kappa shape index (κ1) is 29.5. The molecule has 2 aromatic rings. The molecule has 3 atom stereocenters. The molecule has 0 saturated carbocycles. The number of hydrazine groups is 1. The van der Waals surface area contributed by atoms with Gasteiger partial charge in [-0.15, -0.1) is 0 Å². The van der Waals surface area contributed by atoms with Crippen LogP contribution in [0.15, 0.2) is 47.4 Å². The molecule has 3 N–H and O–H groups in total. The molecule has 216 valence electrons. The second-order valence-corrected chi connectivity index (χ2v) is 11.4. The van der Waals surface area contributed by atoms with Crippen LogP contribution in [-0.2, 0) is 34.0 Å². The Balaban J connectivity index is 1.59. The van der Waals surface area contributed by atoms with Crippen molar-refractivity contribution >= 4 is 56.5 Å². The lowest BCUT2D eigenvalue weighted by Crippen LogP contribution is -2.64. The van der Waals surface area contributed by atoms with E-state index in [1.165, 1.54) is 12.1 Å². The van der Waals surface area contributed by atoms with Gasteiger partial charge >= 0.3 is 12.2 Å². The highest BCUT2D eigenvalue weighted by Gasteiger charge is 2.45. The predicted molar refractivity (Wildman–Crippen MR) is 142 cm³/mol. The molecule has 0 radical (unpaired) electrons. The molecule has 2 aromatic carbocycles. The fraction of sp³-hybridized carbons (Fsp3) is 0.385. The molecular formula is C26H28N6O8S. The maximum absolute atomic E-state index is 13.7. The minimum Gasteiger partial charge on any atom is -0.481 e. The van der Waals surface area contributed by atoms with Gasteiger partial charge in [0.05, 0.1) is 10.9 Å². The third kappa shape index (κ3) is 6.65. The van der Waals surface area contributed by atoms with Crippen molar-refractivity contribution in [2.24, 2.45) is 0 Å². The van der Waals surface area contributed by atoms with E-state index in [1.807, 2.05) is 12.1 Å². The van der Waals surface area contributed by atoms with E-state index in [2.05, 4.69) is 14.8 Å². The maximum Gasteiger partial charge on any atom is 0.325 e. The lowest BCUT2D eigenvalue weighted by atomic mass is 10.0. The number of aliphatic carboxylic acids is 1. The number of fused-ring (bicyclic) bond motifs is 2. The largest absolute Gasteiger partial charge is 0.481 e. The van der Waals surface area contributed by atoms with Crippen LogP contribution < -0.4 is 10.0 Å². The van der Waals surface area contributed by atoms with Gasteiger partial charge in [0.25, 0.3) is 11.7 Å². The summed E-state index contributed by atoms with van der Waals surface area (Å²) in [4.78, 5) is 65.9. The number of hydrogen-bond donors (Lipinski definition) is 3. The van der Waals surface area contributed by atoms with Gasteiger partial charge in [0.1, 0.15) is 12.1 Å². The summed E-state index contributed by atoms with van der Waals surface area (Å²) in [5.74, 6) is -4.23. The summed E-state index contributed by atoms with van der Waals surface area (Å²) in [7, 11) is -4.21. The number of sulfonamides is 1. The maximum atomic E-state index is 13.7. The van der Waals surface area contributed by atoms with Crippen LogP contribution in [0.3, 0.4) is 0 Å². The fourth-order valence-corrected chi connectivity index (χ4v) is 6.20. The number of amides is 3. The number of carboxylic acids is 1. The van der Waals surface area contributed by atoms with Crippen molar-refractivity contribution in [3.05, 3.63) is 48.0 Å². The molecule has 0 spiro atoms. The monoisotopic (exact) mass is 584 g/mol. The zero-order chi connectivity index (χ0) is 29.7. The second-order valence-electron chi connectivity index (χ2n) is 9.72. The van der Waals surface area contributed by atoms with Crippen LogP contribution in [0.4, 0.5) is 0 Å². The van der Waals surface area contributed by atoms with E-state index >= 15 is 0 Å². The molecule has 2 fully saturated rings. The van der Waals surface area contributed by atoms with Crippen LogP contribution in [0.25, 0.3) is 16.3 Å². The van der Waals surface area contributed by atoms with Gasteiger partial charge in [-0.25, -0.2) is 13.4 Å². The summed E-state index contributed by atoms with van der Waals surface area (Å²) >= 11 is 0. The molecule has 2 aliphatic heterocycles. The Morgan fingerprint density at radius 3 is 2.56 bits per heavy atom. The molecule has 0 bridgehead atoms. The number of hydrogen-bond acceptors (Lipinski definition) is 7. The Labute approximate surface area is 234 Å². The Morgan fingerprint density at radius 2 is 1.85 bits per heavy atom. The van der Waals surface area contributed by atoms with Crippen molar-refractivity contribution in [3.8, 4) is 0 Å². The number of ketones is 1. The number of rotatable bonds is 10. The third-order valence-electron chi connectivity index (χ3n) is 6.98. The lowest BCUT2D eigenvalue weighted by molar-refractivity contribution is -0.176. The van der Waals surface area contributed by atoms with Crippen LogP contribution in [0.1, 0.15) is 38.5 Å². The van der Waals surface area contributed by atoms with E-state index in [4.69, 9.17) is 10.6 Å². The average Bonchev–Trinajstić information content (AvgIpc) is 3.06. The molecule has 41 heavy (non-hydrogen) atoms. The van der Waals surface area contributed by atoms with Crippen molar-refractivity contribution < 1.29 is 42.3 Å². The van der Waals surface area contributed by atoms with Crippen molar-refractivity contribution in [1.29, 1.82) is 0 Å². The van der Waals surface area contributed by atoms with E-state index in [9.17, 15) is 32.4 Å². The highest BCUT2D eigenvalue weighted by Crippen LogP contribution is 2.26. The molecule has 0 aliphatic carbocycles. The zero-order valence-corrected chi connectivity index (χ0v) is 22.6. The summed E-state index contributed by atoms with van der Waals surface area (Å²) in [6.45, 7) is 0.122. The molecule has 14 nitrogen and oxygen atoms in total. The Morgan fingerprint density at radius 1 is 1.12 bits per heavy atom. The van der Waals surface area contributed by atoms with Gasteiger partial charge in [0, 0.05) is 19.4 Å². The number of benzene rings is 2. The van der Waals surface area contributed by atoms with Gasteiger partial charge in [-0.3, -0.25) is 29.0 Å². The van der Waals surface area contributed by atoms with Crippen LogP contribution in [0.2, 0.25) is 0 Å². The highest BCUT2D eigenvalue weighted by atomic mass is 32.2. The SMILES string of the molecule is [N-]=[N+]=CC(=O)[C@H](CCC(=O)O)NC(=O)[C@@H]1CCCN2C(=O)CC[C@H](NS(=O)(=O)c3ccc4ccccc4c3)C(=O)N12. The molecule has 0 unspecified atom stereocenters. The third-order valence-corrected chi connectivity index (χ3v) is 8.45. The minimum absolute atomic E-state index is 0.0744. The summed E-state index contributed by atoms with van der Waals surface area (Å²) < 4.78 is 29.0. The summed E-state index contributed by atoms with van der Waals surface area (Å²) in [5, 5.41) is 14.9. The molecule has 2 saturated heterocycles. The summed E-state index contributed by atoms with van der Waals surface area (Å²) in [6.07, 6.45) is -0.132. The summed E-state index contributed by atoms with van der Waals surface area (Å²) in [5.41, 5.74) is 8.72. The Kier molecular flexibility index (Phi) is 8.91. The van der Waals surface area contributed by atoms with Crippen LogP contribution in [0.5, 0.6) is 0 Å². The first-order chi connectivity index (χ1) is 19.5. The van der Waals surface area contributed by atoms with E-state index in [1.54, 1.807) is 18.2 Å². The molecule has 2 heterocycles. The molecular weight excluding hydrogens is 556 g/mol. The normalized spacial score (nSPS) is 20.0. The number of Topliss-reactive ketones (excluding diaryl/α,β-unsaturated/α-hetero) is 1. The first-order valence-corrected chi connectivity index (χ1v) is 14.4. The topological polar surface area (TPSA) is 207 Å². The summed E-state index contributed by atoms with van der Waals surface area (Å²) in [6, 6.07) is 7.66. The lowest BCUT2D eigenvalue weighted by Gasteiger charge is -2.43. The molecule has 4 rings (SSSR count). The van der Waals surface area contributed by atoms with Gasteiger partial charge < -0.3 is 16.0 Å².